The number of nitrogens with zero attached hydrogens (tertiary/aromatic N) is 1. The van der Waals surface area contributed by atoms with Crippen LogP contribution in [0.3, 0.4) is 0 Å². The van der Waals surface area contributed by atoms with Crippen LogP contribution in [-0.2, 0) is 11.3 Å². The van der Waals surface area contributed by atoms with Crippen molar-refractivity contribution in [2.75, 3.05) is 25.4 Å². The van der Waals surface area contributed by atoms with Crippen LogP contribution < -0.4 is 5.73 Å². The van der Waals surface area contributed by atoms with Gasteiger partial charge in [0.15, 0.2) is 0 Å². The van der Waals surface area contributed by atoms with Crippen LogP contribution in [0.5, 0.6) is 0 Å². The molecule has 0 amide bonds. The highest BCUT2D eigenvalue weighted by atomic mass is 35.5. The topological polar surface area (TPSA) is 38.5 Å². The zero-order valence-electron chi connectivity index (χ0n) is 10.2. The minimum atomic E-state index is 0.289. The molecule has 1 aromatic rings. The van der Waals surface area contributed by atoms with Crippen molar-refractivity contribution in [1.29, 1.82) is 0 Å². The van der Waals surface area contributed by atoms with Crippen LogP contribution in [0.2, 0.25) is 5.02 Å². The van der Waals surface area contributed by atoms with Crippen molar-refractivity contribution < 1.29 is 4.74 Å². The molecule has 94 valence electrons. The lowest BCUT2D eigenvalue weighted by atomic mass is 10.2. The third-order valence-corrected chi connectivity index (χ3v) is 3.37. The lowest BCUT2D eigenvalue weighted by Gasteiger charge is -2.22. The lowest BCUT2D eigenvalue weighted by molar-refractivity contribution is 0.0668. The van der Waals surface area contributed by atoms with E-state index in [0.717, 1.165) is 48.9 Å². The predicted octanol–water partition coefficient (Wildman–Crippen LogP) is 2.53. The van der Waals surface area contributed by atoms with E-state index >= 15 is 0 Å². The van der Waals surface area contributed by atoms with Gasteiger partial charge in [-0.2, -0.15) is 0 Å². The third kappa shape index (κ3) is 3.60. The van der Waals surface area contributed by atoms with Crippen LogP contribution in [-0.4, -0.2) is 30.7 Å². The maximum Gasteiger partial charge on any atom is 0.0674 e. The van der Waals surface area contributed by atoms with Gasteiger partial charge in [0.1, 0.15) is 0 Å². The number of anilines is 1. The van der Waals surface area contributed by atoms with Crippen molar-refractivity contribution in [1.82, 2.24) is 4.90 Å². The summed E-state index contributed by atoms with van der Waals surface area (Å²) in [5.74, 6) is 0. The molecule has 17 heavy (non-hydrogen) atoms. The van der Waals surface area contributed by atoms with E-state index in [-0.39, 0.29) is 6.10 Å². The summed E-state index contributed by atoms with van der Waals surface area (Å²) in [6.45, 7) is 5.81. The minimum Gasteiger partial charge on any atom is -0.399 e. The van der Waals surface area contributed by atoms with Gasteiger partial charge >= 0.3 is 0 Å². The first-order valence-electron chi connectivity index (χ1n) is 6.03. The highest BCUT2D eigenvalue weighted by molar-refractivity contribution is 6.31. The van der Waals surface area contributed by atoms with Crippen LogP contribution in [0, 0.1) is 0 Å². The summed E-state index contributed by atoms with van der Waals surface area (Å²) in [5, 5.41) is 0.789. The maximum atomic E-state index is 6.18. The Bertz CT molecular complexity index is 384. The number of rotatable bonds is 2. The van der Waals surface area contributed by atoms with E-state index in [1.54, 1.807) is 0 Å². The number of nitrogen functional groups attached to an aromatic ring is 1. The first-order chi connectivity index (χ1) is 8.15. The second-order valence-electron chi connectivity index (χ2n) is 4.62. The van der Waals surface area contributed by atoms with Gasteiger partial charge in [0.05, 0.1) is 6.10 Å². The van der Waals surface area contributed by atoms with Gasteiger partial charge in [-0.05, 0) is 37.1 Å². The molecule has 1 atom stereocenters. The van der Waals surface area contributed by atoms with Crippen molar-refractivity contribution in [3.63, 3.8) is 0 Å². The molecule has 2 N–H and O–H groups in total. The van der Waals surface area contributed by atoms with Gasteiger partial charge in [0, 0.05) is 37.0 Å². The molecule has 0 radical (unpaired) electrons. The molecule has 1 saturated heterocycles. The smallest absolute Gasteiger partial charge is 0.0674 e. The van der Waals surface area contributed by atoms with Crippen LogP contribution in [0.4, 0.5) is 5.69 Å². The highest BCUT2D eigenvalue weighted by Gasteiger charge is 2.16. The zero-order chi connectivity index (χ0) is 12.3. The lowest BCUT2D eigenvalue weighted by Crippen LogP contribution is -2.29. The van der Waals surface area contributed by atoms with Crippen molar-refractivity contribution in [3.8, 4) is 0 Å². The Labute approximate surface area is 107 Å². The SMILES string of the molecule is CC1CN(Cc2cc(N)ccc2Cl)CCCO1. The summed E-state index contributed by atoms with van der Waals surface area (Å²) in [7, 11) is 0. The van der Waals surface area contributed by atoms with E-state index < -0.39 is 0 Å². The quantitative estimate of drug-likeness (QED) is 0.825. The third-order valence-electron chi connectivity index (χ3n) is 3.00. The molecule has 0 saturated carbocycles. The standard InChI is InChI=1S/C13H19ClN2O/c1-10-8-16(5-2-6-17-10)9-11-7-12(15)3-4-13(11)14/h3-4,7,10H,2,5-6,8-9,15H2,1H3. The van der Waals surface area contributed by atoms with Crippen LogP contribution in [0.25, 0.3) is 0 Å². The Hall–Kier alpha value is -0.770. The fraction of sp³-hybridized carbons (Fsp3) is 0.538. The number of ether oxygens (including phenoxy) is 1. The van der Waals surface area contributed by atoms with Gasteiger partial charge in [0.2, 0.25) is 0 Å². The molecule has 0 aliphatic carbocycles. The molecule has 2 rings (SSSR count). The van der Waals surface area contributed by atoms with E-state index in [0.29, 0.717) is 0 Å². The van der Waals surface area contributed by atoms with Crippen molar-refractivity contribution in [2.45, 2.75) is 26.0 Å². The summed E-state index contributed by atoms with van der Waals surface area (Å²) in [4.78, 5) is 2.37. The van der Waals surface area contributed by atoms with E-state index in [2.05, 4.69) is 11.8 Å². The molecular formula is C13H19ClN2O. The normalized spacial score (nSPS) is 22.4. The number of halogens is 1. The van der Waals surface area contributed by atoms with Crippen LogP contribution >= 0.6 is 11.6 Å². The Balaban J connectivity index is 2.06. The summed E-state index contributed by atoms with van der Waals surface area (Å²) in [6.07, 6.45) is 1.36. The fourth-order valence-corrected chi connectivity index (χ4v) is 2.36. The molecule has 1 fully saturated rings. The highest BCUT2D eigenvalue weighted by Crippen LogP contribution is 2.21. The van der Waals surface area contributed by atoms with Gasteiger partial charge in [-0.1, -0.05) is 11.6 Å². The Kier molecular flexibility index (Phi) is 4.26. The van der Waals surface area contributed by atoms with Gasteiger partial charge in [0.25, 0.3) is 0 Å². The maximum absolute atomic E-state index is 6.18. The molecular weight excluding hydrogens is 236 g/mol. The summed E-state index contributed by atoms with van der Waals surface area (Å²) in [5.41, 5.74) is 7.65. The fourth-order valence-electron chi connectivity index (χ4n) is 2.18. The average Bonchev–Trinajstić information content (AvgIpc) is 2.48. The molecule has 1 aliphatic heterocycles. The van der Waals surface area contributed by atoms with E-state index in [9.17, 15) is 0 Å². The number of hydrogen-bond acceptors (Lipinski definition) is 3. The second-order valence-corrected chi connectivity index (χ2v) is 5.03. The minimum absolute atomic E-state index is 0.289. The van der Waals surface area contributed by atoms with E-state index in [4.69, 9.17) is 22.1 Å². The second kappa shape index (κ2) is 5.71. The van der Waals surface area contributed by atoms with Crippen LogP contribution in [0.1, 0.15) is 18.9 Å². The molecule has 0 aromatic heterocycles. The van der Waals surface area contributed by atoms with Crippen molar-refractivity contribution in [3.05, 3.63) is 28.8 Å². The van der Waals surface area contributed by atoms with E-state index in [1.807, 2.05) is 18.2 Å². The first-order valence-corrected chi connectivity index (χ1v) is 6.41. The monoisotopic (exact) mass is 254 g/mol. The molecule has 1 unspecified atom stereocenters. The molecule has 0 spiro atoms. The average molecular weight is 255 g/mol. The summed E-state index contributed by atoms with van der Waals surface area (Å²) >= 11 is 6.18. The predicted molar refractivity (Wildman–Crippen MR) is 71.2 cm³/mol. The van der Waals surface area contributed by atoms with Gasteiger partial charge in [-0.15, -0.1) is 0 Å². The van der Waals surface area contributed by atoms with Crippen molar-refractivity contribution in [2.24, 2.45) is 0 Å². The Morgan fingerprint density at radius 1 is 1.53 bits per heavy atom. The zero-order valence-corrected chi connectivity index (χ0v) is 10.9. The Morgan fingerprint density at radius 2 is 2.35 bits per heavy atom. The summed E-state index contributed by atoms with van der Waals surface area (Å²) < 4.78 is 5.63. The molecule has 3 nitrogen and oxygen atoms in total. The summed E-state index contributed by atoms with van der Waals surface area (Å²) in [6, 6.07) is 5.66. The van der Waals surface area contributed by atoms with Gasteiger partial charge < -0.3 is 10.5 Å². The molecule has 0 bridgehead atoms. The van der Waals surface area contributed by atoms with Gasteiger partial charge in [-0.3, -0.25) is 4.90 Å². The molecule has 1 aromatic carbocycles. The molecule has 1 heterocycles. The van der Waals surface area contributed by atoms with Crippen LogP contribution in [0.15, 0.2) is 18.2 Å². The largest absolute Gasteiger partial charge is 0.399 e. The number of benzene rings is 1. The van der Waals surface area contributed by atoms with E-state index in [1.165, 1.54) is 0 Å². The number of nitrogens with two attached hydrogens (primary N) is 1. The van der Waals surface area contributed by atoms with Crippen molar-refractivity contribution >= 4 is 17.3 Å². The molecule has 4 heteroatoms. The van der Waals surface area contributed by atoms with Gasteiger partial charge in [-0.25, -0.2) is 0 Å². The molecule has 1 aliphatic rings. The first kappa shape index (κ1) is 12.7. The Morgan fingerprint density at radius 3 is 3.18 bits per heavy atom. The number of hydrogen-bond donors (Lipinski definition) is 1.